The van der Waals surface area contributed by atoms with E-state index in [2.05, 4.69) is 4.99 Å². The minimum absolute atomic E-state index is 0.211. The number of hydrogen-bond acceptors (Lipinski definition) is 4. The highest BCUT2D eigenvalue weighted by molar-refractivity contribution is 8.14. The largest absolute Gasteiger partial charge is 0.457 e. The van der Waals surface area contributed by atoms with E-state index in [1.807, 2.05) is 18.2 Å². The molecule has 2 aliphatic heterocycles. The first-order valence-corrected chi connectivity index (χ1v) is 5.81. The second-order valence-corrected chi connectivity index (χ2v) is 4.57. The van der Waals surface area contributed by atoms with Crippen molar-refractivity contribution >= 4 is 22.8 Å². The number of carbonyl (C=O) groups is 1. The van der Waals surface area contributed by atoms with Gasteiger partial charge in [0.05, 0.1) is 10.6 Å². The van der Waals surface area contributed by atoms with E-state index in [0.29, 0.717) is 12.2 Å². The van der Waals surface area contributed by atoms with Crippen molar-refractivity contribution < 1.29 is 9.53 Å². The molecule has 0 spiro atoms. The van der Waals surface area contributed by atoms with Crippen LogP contribution in [0.5, 0.6) is 0 Å². The fourth-order valence-corrected chi connectivity index (χ4v) is 2.63. The topological polar surface area (TPSA) is 38.7 Å². The number of thioether (sulfide) groups is 1. The summed E-state index contributed by atoms with van der Waals surface area (Å²) in [6, 6.07) is 5.79. The number of benzene rings is 1. The Morgan fingerprint density at radius 2 is 2.33 bits per heavy atom. The van der Waals surface area contributed by atoms with Gasteiger partial charge < -0.3 is 4.74 Å². The van der Waals surface area contributed by atoms with Crippen LogP contribution in [0.25, 0.3) is 0 Å². The standard InChI is InChI=1S/C11H9NO2S/c13-11-9-2-1-7(5-8(9)6-14-11)10-12-3-4-15-10/h1-2,5H,3-4,6H2. The molecule has 3 nitrogen and oxygen atoms in total. The second-order valence-electron chi connectivity index (χ2n) is 3.48. The number of hydrogen-bond donors (Lipinski definition) is 0. The predicted octanol–water partition coefficient (Wildman–Crippen LogP) is 1.85. The van der Waals surface area contributed by atoms with Crippen molar-refractivity contribution in [1.82, 2.24) is 0 Å². The average molecular weight is 219 g/mol. The second kappa shape index (κ2) is 3.38. The van der Waals surface area contributed by atoms with E-state index in [-0.39, 0.29) is 5.97 Å². The molecule has 1 aromatic rings. The maximum absolute atomic E-state index is 11.2. The zero-order valence-electron chi connectivity index (χ0n) is 8.03. The third-order valence-electron chi connectivity index (χ3n) is 2.52. The molecule has 0 fully saturated rings. The van der Waals surface area contributed by atoms with Crippen LogP contribution in [-0.2, 0) is 11.3 Å². The highest BCUT2D eigenvalue weighted by atomic mass is 32.2. The fraction of sp³-hybridized carbons (Fsp3) is 0.273. The van der Waals surface area contributed by atoms with Crippen LogP contribution in [0, 0.1) is 0 Å². The summed E-state index contributed by atoms with van der Waals surface area (Å²) in [5.74, 6) is 0.847. The molecule has 0 unspecified atom stereocenters. The number of aliphatic imine (C=N–C) groups is 1. The van der Waals surface area contributed by atoms with E-state index in [4.69, 9.17) is 4.74 Å². The van der Waals surface area contributed by atoms with E-state index < -0.39 is 0 Å². The van der Waals surface area contributed by atoms with Gasteiger partial charge in [0.25, 0.3) is 0 Å². The van der Waals surface area contributed by atoms with Crippen LogP contribution >= 0.6 is 11.8 Å². The molecule has 0 radical (unpaired) electrons. The first kappa shape index (κ1) is 8.97. The summed E-state index contributed by atoms with van der Waals surface area (Å²) in [5, 5.41) is 1.08. The summed E-state index contributed by atoms with van der Waals surface area (Å²) in [6.45, 7) is 1.30. The first-order valence-electron chi connectivity index (χ1n) is 4.82. The van der Waals surface area contributed by atoms with Crippen molar-refractivity contribution in [3.8, 4) is 0 Å². The maximum Gasteiger partial charge on any atom is 0.338 e. The third kappa shape index (κ3) is 1.45. The lowest BCUT2D eigenvalue weighted by atomic mass is 10.1. The number of cyclic esters (lactones) is 1. The van der Waals surface area contributed by atoms with Crippen molar-refractivity contribution in [1.29, 1.82) is 0 Å². The van der Waals surface area contributed by atoms with E-state index in [0.717, 1.165) is 28.5 Å². The van der Waals surface area contributed by atoms with Gasteiger partial charge in [0, 0.05) is 23.4 Å². The van der Waals surface area contributed by atoms with Crippen LogP contribution in [0.15, 0.2) is 23.2 Å². The fourth-order valence-electron chi connectivity index (χ4n) is 1.78. The summed E-state index contributed by atoms with van der Waals surface area (Å²) < 4.78 is 4.96. The molecule has 4 heteroatoms. The maximum atomic E-state index is 11.2. The molecule has 0 aliphatic carbocycles. The Bertz CT molecular complexity index is 468. The summed E-state index contributed by atoms with van der Waals surface area (Å²) in [6.07, 6.45) is 0. The SMILES string of the molecule is O=C1OCc2cc(C3=NCCS3)ccc21. The first-order chi connectivity index (χ1) is 7.34. The van der Waals surface area contributed by atoms with Crippen molar-refractivity contribution in [3.63, 3.8) is 0 Å². The number of carbonyl (C=O) groups excluding carboxylic acids is 1. The van der Waals surface area contributed by atoms with E-state index in [1.54, 1.807) is 11.8 Å². The van der Waals surface area contributed by atoms with Crippen molar-refractivity contribution in [2.75, 3.05) is 12.3 Å². The molecule has 0 atom stereocenters. The molecule has 0 amide bonds. The highest BCUT2D eigenvalue weighted by Crippen LogP contribution is 2.25. The molecule has 76 valence electrons. The van der Waals surface area contributed by atoms with Gasteiger partial charge in [-0.05, 0) is 12.1 Å². The van der Waals surface area contributed by atoms with Crippen LogP contribution < -0.4 is 0 Å². The molecule has 1 aromatic carbocycles. The minimum Gasteiger partial charge on any atom is -0.457 e. The summed E-state index contributed by atoms with van der Waals surface area (Å²) in [7, 11) is 0. The average Bonchev–Trinajstić information content (AvgIpc) is 2.88. The summed E-state index contributed by atoms with van der Waals surface area (Å²) in [5.41, 5.74) is 2.78. The Morgan fingerprint density at radius 3 is 3.13 bits per heavy atom. The quantitative estimate of drug-likeness (QED) is 0.677. The van der Waals surface area contributed by atoms with Gasteiger partial charge in [0.1, 0.15) is 6.61 Å². The third-order valence-corrected chi connectivity index (χ3v) is 3.54. The van der Waals surface area contributed by atoms with Gasteiger partial charge in [-0.1, -0.05) is 6.07 Å². The van der Waals surface area contributed by atoms with Crippen molar-refractivity contribution in [2.45, 2.75) is 6.61 Å². The Kier molecular flexibility index (Phi) is 2.02. The van der Waals surface area contributed by atoms with E-state index in [1.165, 1.54) is 0 Å². The number of rotatable bonds is 1. The Labute approximate surface area is 91.5 Å². The van der Waals surface area contributed by atoms with Crippen molar-refractivity contribution in [2.24, 2.45) is 4.99 Å². The van der Waals surface area contributed by atoms with E-state index in [9.17, 15) is 4.79 Å². The minimum atomic E-state index is -0.211. The lowest BCUT2D eigenvalue weighted by molar-refractivity contribution is 0.0535. The normalized spacial score (nSPS) is 18.7. The van der Waals surface area contributed by atoms with Gasteiger partial charge in [-0.15, -0.1) is 11.8 Å². The molecular weight excluding hydrogens is 210 g/mol. The monoisotopic (exact) mass is 219 g/mol. The smallest absolute Gasteiger partial charge is 0.338 e. The Hall–Kier alpha value is -1.29. The highest BCUT2D eigenvalue weighted by Gasteiger charge is 2.22. The van der Waals surface area contributed by atoms with Crippen LogP contribution in [0.2, 0.25) is 0 Å². The lowest BCUT2D eigenvalue weighted by Gasteiger charge is -2.01. The van der Waals surface area contributed by atoms with Gasteiger partial charge in [0.15, 0.2) is 0 Å². The number of nitrogens with zero attached hydrogens (tertiary/aromatic N) is 1. The molecule has 2 heterocycles. The van der Waals surface area contributed by atoms with Crippen LogP contribution in [0.3, 0.4) is 0 Å². The molecule has 0 aromatic heterocycles. The summed E-state index contributed by atoms with van der Waals surface area (Å²) >= 11 is 1.77. The molecule has 0 bridgehead atoms. The van der Waals surface area contributed by atoms with Crippen LogP contribution in [0.4, 0.5) is 0 Å². The molecular formula is C11H9NO2S. The van der Waals surface area contributed by atoms with Gasteiger partial charge in [-0.2, -0.15) is 0 Å². The van der Waals surface area contributed by atoms with Gasteiger partial charge in [-0.3, -0.25) is 4.99 Å². The van der Waals surface area contributed by atoms with Crippen LogP contribution in [-0.4, -0.2) is 23.3 Å². The number of ether oxygens (including phenoxy) is 1. The van der Waals surface area contributed by atoms with Crippen molar-refractivity contribution in [3.05, 3.63) is 34.9 Å². The van der Waals surface area contributed by atoms with Gasteiger partial charge >= 0.3 is 5.97 Å². The number of esters is 1. The molecule has 2 aliphatic rings. The zero-order chi connectivity index (χ0) is 10.3. The van der Waals surface area contributed by atoms with Gasteiger partial charge in [-0.25, -0.2) is 4.79 Å². The molecule has 0 saturated carbocycles. The van der Waals surface area contributed by atoms with Gasteiger partial charge in [0.2, 0.25) is 0 Å². The Morgan fingerprint density at radius 1 is 1.40 bits per heavy atom. The molecule has 15 heavy (non-hydrogen) atoms. The Balaban J connectivity index is 2.02. The van der Waals surface area contributed by atoms with Crippen LogP contribution in [0.1, 0.15) is 21.5 Å². The predicted molar refractivity (Wildman–Crippen MR) is 59.4 cm³/mol. The molecule has 0 N–H and O–H groups in total. The summed E-state index contributed by atoms with van der Waals surface area (Å²) in [4.78, 5) is 15.6. The molecule has 0 saturated heterocycles. The number of fused-ring (bicyclic) bond motifs is 1. The lowest BCUT2D eigenvalue weighted by Crippen LogP contribution is -1.96. The zero-order valence-corrected chi connectivity index (χ0v) is 8.84. The van der Waals surface area contributed by atoms with E-state index >= 15 is 0 Å². The molecule has 3 rings (SSSR count).